The van der Waals surface area contributed by atoms with E-state index >= 15 is 0 Å². The van der Waals surface area contributed by atoms with Crippen molar-refractivity contribution in [3.63, 3.8) is 0 Å². The Morgan fingerprint density at radius 3 is 2.20 bits per heavy atom. The van der Waals surface area contributed by atoms with Crippen LogP contribution in [0.5, 0.6) is 23.0 Å². The van der Waals surface area contributed by atoms with Gasteiger partial charge in [-0.2, -0.15) is 0 Å². The molecule has 3 rings (SSSR count). The Hall–Kier alpha value is -4.00. The Kier molecular flexibility index (Phi) is 6.89. The number of hydrogen-bond donors (Lipinski definition) is 1. The van der Waals surface area contributed by atoms with Gasteiger partial charge in [0.25, 0.3) is 5.91 Å². The van der Waals surface area contributed by atoms with E-state index in [9.17, 15) is 9.59 Å². The lowest BCUT2D eigenvalue weighted by molar-refractivity contribution is -0.118. The van der Waals surface area contributed by atoms with Crippen LogP contribution < -0.4 is 19.5 Å². The second-order valence-electron chi connectivity index (χ2n) is 6.13. The first kappa shape index (κ1) is 20.7. The van der Waals surface area contributed by atoms with Gasteiger partial charge in [0.2, 0.25) is 0 Å². The fourth-order valence-corrected chi connectivity index (χ4v) is 2.60. The molecule has 0 bridgehead atoms. The molecule has 0 radical (unpaired) electrons. The molecule has 0 saturated carbocycles. The maximum Gasteiger partial charge on any atom is 0.337 e. The van der Waals surface area contributed by atoms with Gasteiger partial charge in [-0.1, -0.05) is 18.2 Å². The molecule has 154 valence electrons. The van der Waals surface area contributed by atoms with Crippen LogP contribution in [-0.2, 0) is 9.53 Å². The molecule has 7 nitrogen and oxygen atoms in total. The van der Waals surface area contributed by atoms with Gasteiger partial charge < -0.3 is 24.3 Å². The maximum atomic E-state index is 12.2. The van der Waals surface area contributed by atoms with E-state index in [2.05, 4.69) is 10.1 Å². The normalized spacial score (nSPS) is 10.1. The van der Waals surface area contributed by atoms with Crippen molar-refractivity contribution in [3.8, 4) is 23.0 Å². The molecule has 3 aromatic carbocycles. The van der Waals surface area contributed by atoms with E-state index in [1.54, 1.807) is 30.3 Å². The van der Waals surface area contributed by atoms with Gasteiger partial charge in [-0.3, -0.25) is 4.79 Å². The monoisotopic (exact) mass is 407 g/mol. The molecular formula is C23H21NO6. The van der Waals surface area contributed by atoms with Crippen LogP contribution in [0.1, 0.15) is 10.4 Å². The van der Waals surface area contributed by atoms with Crippen LogP contribution >= 0.6 is 0 Å². The highest BCUT2D eigenvalue weighted by atomic mass is 16.5. The minimum Gasteiger partial charge on any atom is -0.493 e. The quantitative estimate of drug-likeness (QED) is 0.561. The Labute approximate surface area is 174 Å². The number of para-hydroxylation sites is 1. The van der Waals surface area contributed by atoms with Crippen LogP contribution in [0.2, 0.25) is 0 Å². The number of ether oxygens (including phenoxy) is 4. The number of carbonyl (C=O) groups excluding carboxylic acids is 2. The Bertz CT molecular complexity index is 1000. The van der Waals surface area contributed by atoms with Crippen molar-refractivity contribution in [1.29, 1.82) is 0 Å². The van der Waals surface area contributed by atoms with Gasteiger partial charge in [0.05, 0.1) is 19.8 Å². The fourth-order valence-electron chi connectivity index (χ4n) is 2.60. The molecule has 0 aliphatic rings. The number of hydrogen-bond acceptors (Lipinski definition) is 6. The second-order valence-corrected chi connectivity index (χ2v) is 6.13. The SMILES string of the molecule is COC(=O)c1ccc(OCC(=O)Nc2ccc(Oc3ccccc3)cc2)c(OC)c1. The van der Waals surface area contributed by atoms with Crippen molar-refractivity contribution in [3.05, 3.63) is 78.4 Å². The second kappa shape index (κ2) is 9.97. The molecule has 0 saturated heterocycles. The number of methoxy groups -OCH3 is 2. The molecule has 0 unspecified atom stereocenters. The van der Waals surface area contributed by atoms with E-state index in [0.29, 0.717) is 28.5 Å². The highest BCUT2D eigenvalue weighted by molar-refractivity contribution is 5.92. The third kappa shape index (κ3) is 5.51. The zero-order valence-corrected chi connectivity index (χ0v) is 16.6. The number of benzene rings is 3. The summed E-state index contributed by atoms with van der Waals surface area (Å²) < 4.78 is 21.1. The summed E-state index contributed by atoms with van der Waals surface area (Å²) in [5.74, 6) is 1.23. The third-order valence-corrected chi connectivity index (χ3v) is 4.06. The van der Waals surface area contributed by atoms with E-state index in [1.165, 1.54) is 26.4 Å². The summed E-state index contributed by atoms with van der Waals surface area (Å²) >= 11 is 0. The molecule has 0 spiro atoms. The van der Waals surface area contributed by atoms with Crippen molar-refractivity contribution >= 4 is 17.6 Å². The van der Waals surface area contributed by atoms with Gasteiger partial charge in [0.1, 0.15) is 11.5 Å². The predicted octanol–water partition coefficient (Wildman–Crippen LogP) is 4.29. The zero-order valence-electron chi connectivity index (χ0n) is 16.6. The van der Waals surface area contributed by atoms with E-state index in [0.717, 1.165) is 5.75 Å². The highest BCUT2D eigenvalue weighted by Crippen LogP contribution is 2.28. The van der Waals surface area contributed by atoms with Crippen LogP contribution in [0.3, 0.4) is 0 Å². The highest BCUT2D eigenvalue weighted by Gasteiger charge is 2.13. The summed E-state index contributed by atoms with van der Waals surface area (Å²) in [7, 11) is 2.74. The Morgan fingerprint density at radius 2 is 1.53 bits per heavy atom. The average molecular weight is 407 g/mol. The number of rotatable bonds is 8. The first-order valence-electron chi connectivity index (χ1n) is 9.11. The fraction of sp³-hybridized carbons (Fsp3) is 0.130. The largest absolute Gasteiger partial charge is 0.493 e. The summed E-state index contributed by atoms with van der Waals surface area (Å²) in [6.45, 7) is -0.226. The lowest BCUT2D eigenvalue weighted by Gasteiger charge is -2.12. The summed E-state index contributed by atoms with van der Waals surface area (Å²) in [6.07, 6.45) is 0. The lowest BCUT2D eigenvalue weighted by atomic mass is 10.2. The third-order valence-electron chi connectivity index (χ3n) is 4.06. The number of anilines is 1. The first-order chi connectivity index (χ1) is 14.6. The molecule has 0 aliphatic heterocycles. The predicted molar refractivity (Wildman–Crippen MR) is 111 cm³/mol. The van der Waals surface area contributed by atoms with Crippen LogP contribution in [-0.4, -0.2) is 32.7 Å². The molecule has 0 atom stereocenters. The molecular weight excluding hydrogens is 386 g/mol. The van der Waals surface area contributed by atoms with Crippen molar-refractivity contribution in [2.24, 2.45) is 0 Å². The van der Waals surface area contributed by atoms with E-state index < -0.39 is 5.97 Å². The van der Waals surface area contributed by atoms with E-state index in [4.69, 9.17) is 14.2 Å². The Morgan fingerprint density at radius 1 is 0.833 bits per heavy atom. The molecule has 1 N–H and O–H groups in total. The molecule has 0 aliphatic carbocycles. The van der Waals surface area contributed by atoms with Gasteiger partial charge >= 0.3 is 5.97 Å². The summed E-state index contributed by atoms with van der Waals surface area (Å²) in [5, 5.41) is 2.75. The standard InChI is InChI=1S/C23H21NO6/c1-27-21-14-16(23(26)28-2)8-13-20(21)29-15-22(25)24-17-9-11-19(12-10-17)30-18-6-4-3-5-7-18/h3-14H,15H2,1-2H3,(H,24,25). The molecule has 7 heteroatoms. The van der Waals surface area contributed by atoms with Gasteiger partial charge in [-0.15, -0.1) is 0 Å². The topological polar surface area (TPSA) is 83.1 Å². The van der Waals surface area contributed by atoms with Crippen LogP contribution in [0, 0.1) is 0 Å². The van der Waals surface area contributed by atoms with Gasteiger partial charge in [-0.05, 0) is 54.6 Å². The molecule has 0 fully saturated rings. The zero-order chi connectivity index (χ0) is 21.3. The number of nitrogens with one attached hydrogen (secondary N) is 1. The molecule has 0 heterocycles. The Balaban J connectivity index is 1.55. The van der Waals surface area contributed by atoms with Crippen molar-refractivity contribution in [1.82, 2.24) is 0 Å². The summed E-state index contributed by atoms with van der Waals surface area (Å²) in [4.78, 5) is 23.8. The van der Waals surface area contributed by atoms with Crippen LogP contribution in [0.15, 0.2) is 72.8 Å². The van der Waals surface area contributed by atoms with E-state index in [-0.39, 0.29) is 12.5 Å². The molecule has 0 aromatic heterocycles. The van der Waals surface area contributed by atoms with Gasteiger partial charge in [-0.25, -0.2) is 4.79 Å². The molecule has 3 aromatic rings. The van der Waals surface area contributed by atoms with Gasteiger partial charge in [0.15, 0.2) is 18.1 Å². The summed E-state index contributed by atoms with van der Waals surface area (Å²) in [6, 6.07) is 21.0. The first-order valence-corrected chi connectivity index (χ1v) is 9.11. The van der Waals surface area contributed by atoms with Gasteiger partial charge in [0, 0.05) is 5.69 Å². The number of esters is 1. The van der Waals surface area contributed by atoms with Crippen molar-refractivity contribution < 1.29 is 28.5 Å². The number of amides is 1. The molecule has 30 heavy (non-hydrogen) atoms. The maximum absolute atomic E-state index is 12.2. The smallest absolute Gasteiger partial charge is 0.337 e. The van der Waals surface area contributed by atoms with Crippen LogP contribution in [0.25, 0.3) is 0 Å². The summed E-state index contributed by atoms with van der Waals surface area (Å²) in [5.41, 5.74) is 0.931. The number of carbonyl (C=O) groups is 2. The lowest BCUT2D eigenvalue weighted by Crippen LogP contribution is -2.20. The van der Waals surface area contributed by atoms with Crippen molar-refractivity contribution in [2.75, 3.05) is 26.1 Å². The van der Waals surface area contributed by atoms with Crippen LogP contribution in [0.4, 0.5) is 5.69 Å². The molecule has 1 amide bonds. The minimum atomic E-state index is -0.489. The van der Waals surface area contributed by atoms with E-state index in [1.807, 2.05) is 30.3 Å². The van der Waals surface area contributed by atoms with Crippen molar-refractivity contribution in [2.45, 2.75) is 0 Å². The minimum absolute atomic E-state index is 0.226. The average Bonchev–Trinajstić information content (AvgIpc) is 2.79.